The third kappa shape index (κ3) is 3.54. The Kier molecular flexibility index (Phi) is 5.20. The highest BCUT2D eigenvalue weighted by molar-refractivity contribution is 7.90. The maximum absolute atomic E-state index is 11.5. The number of rotatable bonds is 5. The zero-order valence-corrected chi connectivity index (χ0v) is 15.7. The average Bonchev–Trinajstić information content (AvgIpc) is 2.87. The van der Waals surface area contributed by atoms with Crippen LogP contribution in [0.1, 0.15) is 30.0 Å². The third-order valence-electron chi connectivity index (χ3n) is 4.55. The Morgan fingerprint density at radius 3 is 2.46 bits per heavy atom. The number of ether oxygens (including phenoxy) is 1. The van der Waals surface area contributed by atoms with Crippen molar-refractivity contribution in [1.29, 1.82) is 0 Å². The summed E-state index contributed by atoms with van der Waals surface area (Å²) in [6, 6.07) is 13.3. The van der Waals surface area contributed by atoms with E-state index in [4.69, 9.17) is 4.74 Å². The molecule has 0 aliphatic heterocycles. The van der Waals surface area contributed by atoms with Crippen molar-refractivity contribution in [3.8, 4) is 5.75 Å². The Bertz CT molecular complexity index is 908. The second-order valence-corrected chi connectivity index (χ2v) is 7.55. The van der Waals surface area contributed by atoms with E-state index in [0.717, 1.165) is 38.3 Å². The number of carbonyl (C=O) groups is 1. The van der Waals surface area contributed by atoms with Crippen LogP contribution < -0.4 is 4.74 Å². The standard InChI is InChI=1S/C21H20O4S/c1-13-18(10-14-4-7-16(8-5-14)26(3)24)17-9-6-15(25-2)11-20(17)19(13)12-21(22)23/h4-11H,12H2,1-3H3,(H,22,23). The van der Waals surface area contributed by atoms with E-state index in [1.54, 1.807) is 13.4 Å². The lowest BCUT2D eigenvalue weighted by atomic mass is 10.0. The first-order valence-corrected chi connectivity index (χ1v) is 9.72. The molecule has 0 radical (unpaired) electrons. The smallest absolute Gasteiger partial charge is 0.307 e. The van der Waals surface area contributed by atoms with Crippen molar-refractivity contribution in [2.75, 3.05) is 13.4 Å². The molecule has 0 saturated heterocycles. The van der Waals surface area contributed by atoms with Crippen LogP contribution >= 0.6 is 0 Å². The molecule has 26 heavy (non-hydrogen) atoms. The molecule has 0 heterocycles. The highest BCUT2D eigenvalue weighted by Gasteiger charge is 2.25. The summed E-state index contributed by atoms with van der Waals surface area (Å²) in [4.78, 5) is 12.1. The lowest BCUT2D eigenvalue weighted by molar-refractivity contribution is -0.135. The molecule has 4 nitrogen and oxygen atoms in total. The summed E-state index contributed by atoms with van der Waals surface area (Å²) in [7, 11) is 1.60. The predicted octanol–water partition coefficient (Wildman–Crippen LogP) is 4.24. The minimum absolute atomic E-state index is 0.0307. The molecule has 2 aromatic rings. The lowest BCUT2D eigenvalue weighted by Gasteiger charge is -2.07. The summed E-state index contributed by atoms with van der Waals surface area (Å²) in [6.07, 6.45) is 3.66. The number of hydrogen-bond acceptors (Lipinski definition) is 3. The van der Waals surface area contributed by atoms with E-state index in [9.17, 15) is 14.5 Å². The Labute approximate surface area is 156 Å². The summed E-state index contributed by atoms with van der Waals surface area (Å²) >= 11 is -1.01. The van der Waals surface area contributed by atoms with Gasteiger partial charge in [0.1, 0.15) is 12.0 Å². The van der Waals surface area contributed by atoms with E-state index in [2.05, 4.69) is 0 Å². The fraction of sp³-hybridized carbons (Fsp3) is 0.190. The van der Waals surface area contributed by atoms with Crippen LogP contribution in [0.3, 0.4) is 0 Å². The van der Waals surface area contributed by atoms with E-state index in [1.807, 2.05) is 55.5 Å². The molecular weight excluding hydrogens is 348 g/mol. The minimum atomic E-state index is -1.01. The number of allylic oxidation sites excluding steroid dienone is 2. The second-order valence-electron chi connectivity index (χ2n) is 6.17. The molecule has 1 atom stereocenters. The number of aliphatic carboxylic acids is 1. The van der Waals surface area contributed by atoms with E-state index in [1.165, 1.54) is 0 Å². The van der Waals surface area contributed by atoms with Crippen molar-refractivity contribution in [3.05, 3.63) is 64.7 Å². The van der Waals surface area contributed by atoms with Crippen molar-refractivity contribution in [2.24, 2.45) is 0 Å². The normalized spacial score (nSPS) is 15.9. The molecule has 0 saturated carbocycles. The minimum Gasteiger partial charge on any atom is -0.612 e. The molecule has 0 aromatic heterocycles. The van der Waals surface area contributed by atoms with Crippen LogP contribution in [0.2, 0.25) is 0 Å². The molecule has 3 rings (SSSR count). The summed E-state index contributed by atoms with van der Waals surface area (Å²) in [5.74, 6) is -0.153. The number of carboxylic acid groups (broad SMARTS) is 1. The number of hydrogen-bond donors (Lipinski definition) is 1. The first-order valence-electron chi connectivity index (χ1n) is 8.16. The van der Waals surface area contributed by atoms with Crippen molar-refractivity contribution in [3.63, 3.8) is 0 Å². The van der Waals surface area contributed by atoms with Gasteiger partial charge in [0, 0.05) is 0 Å². The molecule has 0 spiro atoms. The second kappa shape index (κ2) is 7.40. The van der Waals surface area contributed by atoms with Crippen LogP contribution in [-0.2, 0) is 16.0 Å². The molecule has 2 aromatic carbocycles. The van der Waals surface area contributed by atoms with Crippen molar-refractivity contribution >= 4 is 34.4 Å². The Hall–Kier alpha value is -2.50. The van der Waals surface area contributed by atoms with Gasteiger partial charge in [0.2, 0.25) is 0 Å². The van der Waals surface area contributed by atoms with Crippen molar-refractivity contribution in [1.82, 2.24) is 0 Å². The SMILES string of the molecule is COc1ccc2c(c1)C(CC(=O)O)=C(C)C2=Cc1ccc([S+](C)[O-])cc1. The maximum Gasteiger partial charge on any atom is 0.307 e. The van der Waals surface area contributed by atoms with Crippen LogP contribution in [0.5, 0.6) is 5.75 Å². The van der Waals surface area contributed by atoms with Gasteiger partial charge in [0.15, 0.2) is 4.90 Å². The van der Waals surface area contributed by atoms with Gasteiger partial charge in [0.25, 0.3) is 0 Å². The van der Waals surface area contributed by atoms with Crippen molar-refractivity contribution < 1.29 is 19.2 Å². The number of methoxy groups -OCH3 is 1. The van der Waals surface area contributed by atoms with Gasteiger partial charge in [-0.15, -0.1) is 0 Å². The molecule has 0 amide bonds. The number of carboxylic acids is 1. The Morgan fingerprint density at radius 1 is 1.19 bits per heavy atom. The van der Waals surface area contributed by atoms with Crippen LogP contribution in [0, 0.1) is 0 Å². The predicted molar refractivity (Wildman–Crippen MR) is 104 cm³/mol. The van der Waals surface area contributed by atoms with Crippen molar-refractivity contribution in [2.45, 2.75) is 18.2 Å². The zero-order valence-electron chi connectivity index (χ0n) is 14.9. The van der Waals surface area contributed by atoms with Crippen LogP contribution in [0.15, 0.2) is 52.9 Å². The molecule has 1 unspecified atom stereocenters. The van der Waals surface area contributed by atoms with Crippen LogP contribution in [0.25, 0.3) is 17.2 Å². The van der Waals surface area contributed by atoms with Gasteiger partial charge in [-0.3, -0.25) is 4.79 Å². The molecule has 0 fully saturated rings. The van der Waals surface area contributed by atoms with Crippen LogP contribution in [-0.4, -0.2) is 29.0 Å². The first kappa shape index (κ1) is 18.3. The number of fused-ring (bicyclic) bond motifs is 1. The van der Waals surface area contributed by atoms with E-state index in [0.29, 0.717) is 5.75 Å². The van der Waals surface area contributed by atoms with Gasteiger partial charge in [-0.05, 0) is 94.0 Å². The molecule has 134 valence electrons. The van der Waals surface area contributed by atoms with Gasteiger partial charge in [-0.25, -0.2) is 0 Å². The summed E-state index contributed by atoms with van der Waals surface area (Å²) < 4.78 is 16.8. The lowest BCUT2D eigenvalue weighted by Crippen LogP contribution is -1.97. The van der Waals surface area contributed by atoms with Gasteiger partial charge < -0.3 is 14.4 Å². The quantitative estimate of drug-likeness (QED) is 0.802. The first-order chi connectivity index (χ1) is 12.4. The highest BCUT2D eigenvalue weighted by atomic mass is 32.2. The van der Waals surface area contributed by atoms with Gasteiger partial charge in [-0.2, -0.15) is 0 Å². The fourth-order valence-corrected chi connectivity index (χ4v) is 3.71. The highest BCUT2D eigenvalue weighted by Crippen LogP contribution is 2.44. The molecule has 5 heteroatoms. The molecular formula is C21H20O4S. The van der Waals surface area contributed by atoms with Gasteiger partial charge >= 0.3 is 5.97 Å². The van der Waals surface area contributed by atoms with Crippen LogP contribution in [0.4, 0.5) is 0 Å². The van der Waals surface area contributed by atoms with E-state index >= 15 is 0 Å². The molecule has 0 bridgehead atoms. The maximum atomic E-state index is 11.5. The largest absolute Gasteiger partial charge is 0.612 e. The van der Waals surface area contributed by atoms with Gasteiger partial charge in [0.05, 0.1) is 13.5 Å². The summed E-state index contributed by atoms with van der Waals surface area (Å²) in [5.41, 5.74) is 5.66. The van der Waals surface area contributed by atoms with E-state index in [-0.39, 0.29) is 6.42 Å². The summed E-state index contributed by atoms with van der Waals surface area (Å²) in [5, 5.41) is 9.29. The Morgan fingerprint density at radius 2 is 1.88 bits per heavy atom. The topological polar surface area (TPSA) is 69.6 Å². The molecule has 1 aliphatic carbocycles. The third-order valence-corrected chi connectivity index (χ3v) is 5.49. The zero-order chi connectivity index (χ0) is 18.8. The van der Waals surface area contributed by atoms with Gasteiger partial charge in [-0.1, -0.05) is 6.07 Å². The fourth-order valence-electron chi connectivity index (χ4n) is 3.19. The Balaban J connectivity index is 2.09. The van der Waals surface area contributed by atoms with E-state index < -0.39 is 17.1 Å². The number of benzene rings is 2. The monoisotopic (exact) mass is 368 g/mol. The molecule has 1 aliphatic rings. The molecule has 1 N–H and O–H groups in total. The average molecular weight is 368 g/mol. The summed E-state index contributed by atoms with van der Waals surface area (Å²) in [6.45, 7) is 1.95.